The standard InChI is InChI=1S/C13H17ClN2O/c14-12-4-2-1-3-11(12)7-13(17)16-6-5-10(8-15)9-16/h1-4,10H,5-9,15H2/t10-/m1/s1. The quantitative estimate of drug-likeness (QED) is 0.890. The van der Waals surface area contributed by atoms with Crippen LogP contribution in [0.2, 0.25) is 5.02 Å². The lowest BCUT2D eigenvalue weighted by molar-refractivity contribution is -0.129. The van der Waals surface area contributed by atoms with Gasteiger partial charge >= 0.3 is 0 Å². The van der Waals surface area contributed by atoms with Crippen LogP contribution in [-0.2, 0) is 11.2 Å². The Bertz CT molecular complexity index is 408. The lowest BCUT2D eigenvalue weighted by atomic mass is 10.1. The molecule has 1 aromatic carbocycles. The largest absolute Gasteiger partial charge is 0.342 e. The van der Waals surface area contributed by atoms with E-state index in [9.17, 15) is 4.79 Å². The summed E-state index contributed by atoms with van der Waals surface area (Å²) >= 11 is 6.04. The number of carbonyl (C=O) groups excluding carboxylic acids is 1. The average Bonchev–Trinajstić information content (AvgIpc) is 2.81. The number of halogens is 1. The highest BCUT2D eigenvalue weighted by molar-refractivity contribution is 6.31. The number of carbonyl (C=O) groups is 1. The molecule has 1 atom stereocenters. The minimum atomic E-state index is 0.147. The summed E-state index contributed by atoms with van der Waals surface area (Å²) in [6, 6.07) is 7.49. The molecule has 0 saturated carbocycles. The summed E-state index contributed by atoms with van der Waals surface area (Å²) in [5.74, 6) is 0.610. The molecule has 17 heavy (non-hydrogen) atoms. The van der Waals surface area contributed by atoms with Crippen molar-refractivity contribution in [2.24, 2.45) is 11.7 Å². The van der Waals surface area contributed by atoms with Gasteiger partial charge in [0.1, 0.15) is 0 Å². The van der Waals surface area contributed by atoms with Gasteiger partial charge in [-0.3, -0.25) is 4.79 Å². The maximum atomic E-state index is 12.1. The Balaban J connectivity index is 1.96. The van der Waals surface area contributed by atoms with Crippen molar-refractivity contribution < 1.29 is 4.79 Å². The number of amides is 1. The molecule has 1 aliphatic heterocycles. The van der Waals surface area contributed by atoms with E-state index in [1.807, 2.05) is 29.2 Å². The molecule has 1 amide bonds. The summed E-state index contributed by atoms with van der Waals surface area (Å²) in [4.78, 5) is 13.9. The summed E-state index contributed by atoms with van der Waals surface area (Å²) < 4.78 is 0. The number of rotatable bonds is 3. The number of benzene rings is 1. The van der Waals surface area contributed by atoms with Crippen molar-refractivity contribution in [1.29, 1.82) is 0 Å². The SMILES string of the molecule is NC[C@H]1CCN(C(=O)Cc2ccccc2Cl)C1. The second kappa shape index (κ2) is 5.52. The van der Waals surface area contributed by atoms with E-state index in [-0.39, 0.29) is 5.91 Å². The van der Waals surface area contributed by atoms with Crippen molar-refractivity contribution in [3.8, 4) is 0 Å². The fraction of sp³-hybridized carbons (Fsp3) is 0.462. The van der Waals surface area contributed by atoms with Crippen molar-refractivity contribution in [3.05, 3.63) is 34.9 Å². The van der Waals surface area contributed by atoms with Crippen LogP contribution < -0.4 is 5.73 Å². The first-order valence-electron chi connectivity index (χ1n) is 5.92. The number of hydrogen-bond donors (Lipinski definition) is 1. The van der Waals surface area contributed by atoms with Crippen LogP contribution in [0.1, 0.15) is 12.0 Å². The molecular formula is C13H17ClN2O. The first kappa shape index (κ1) is 12.4. The van der Waals surface area contributed by atoms with E-state index >= 15 is 0 Å². The summed E-state index contributed by atoms with van der Waals surface area (Å²) in [5.41, 5.74) is 6.51. The van der Waals surface area contributed by atoms with Crippen LogP contribution in [0, 0.1) is 5.92 Å². The fourth-order valence-electron chi connectivity index (χ4n) is 2.17. The molecule has 0 unspecified atom stereocenters. The van der Waals surface area contributed by atoms with Crippen molar-refractivity contribution in [1.82, 2.24) is 4.90 Å². The molecule has 0 bridgehead atoms. The van der Waals surface area contributed by atoms with Crippen molar-refractivity contribution >= 4 is 17.5 Å². The Hall–Kier alpha value is -1.06. The molecule has 0 radical (unpaired) electrons. The molecule has 4 heteroatoms. The Morgan fingerprint density at radius 2 is 2.24 bits per heavy atom. The zero-order valence-corrected chi connectivity index (χ0v) is 10.5. The molecule has 1 heterocycles. The van der Waals surface area contributed by atoms with Gasteiger partial charge in [0, 0.05) is 18.1 Å². The van der Waals surface area contributed by atoms with Gasteiger partial charge in [-0.05, 0) is 30.5 Å². The average molecular weight is 253 g/mol. The molecule has 1 aromatic rings. The number of hydrogen-bond acceptors (Lipinski definition) is 2. The molecule has 1 aliphatic rings. The van der Waals surface area contributed by atoms with Gasteiger partial charge in [0.05, 0.1) is 6.42 Å². The smallest absolute Gasteiger partial charge is 0.227 e. The lowest BCUT2D eigenvalue weighted by Gasteiger charge is -2.16. The predicted molar refractivity (Wildman–Crippen MR) is 68.9 cm³/mol. The van der Waals surface area contributed by atoms with Crippen LogP contribution in [0.25, 0.3) is 0 Å². The van der Waals surface area contributed by atoms with E-state index in [4.69, 9.17) is 17.3 Å². The van der Waals surface area contributed by atoms with Gasteiger partial charge in [-0.15, -0.1) is 0 Å². The Morgan fingerprint density at radius 3 is 2.88 bits per heavy atom. The molecular weight excluding hydrogens is 236 g/mol. The van der Waals surface area contributed by atoms with Crippen LogP contribution in [-0.4, -0.2) is 30.4 Å². The topological polar surface area (TPSA) is 46.3 Å². The van der Waals surface area contributed by atoms with Crippen LogP contribution in [0.15, 0.2) is 24.3 Å². The number of nitrogens with two attached hydrogens (primary N) is 1. The lowest BCUT2D eigenvalue weighted by Crippen LogP contribution is -2.31. The van der Waals surface area contributed by atoms with Crippen LogP contribution in [0.4, 0.5) is 0 Å². The summed E-state index contributed by atoms with van der Waals surface area (Å²) in [5, 5.41) is 0.662. The highest BCUT2D eigenvalue weighted by atomic mass is 35.5. The monoisotopic (exact) mass is 252 g/mol. The van der Waals surface area contributed by atoms with Gasteiger partial charge in [-0.25, -0.2) is 0 Å². The highest BCUT2D eigenvalue weighted by Gasteiger charge is 2.25. The Labute approximate surface area is 107 Å². The van der Waals surface area contributed by atoms with Crippen molar-refractivity contribution in [2.75, 3.05) is 19.6 Å². The summed E-state index contributed by atoms with van der Waals surface area (Å²) in [7, 11) is 0. The Morgan fingerprint density at radius 1 is 1.47 bits per heavy atom. The van der Waals surface area contributed by atoms with E-state index in [2.05, 4.69) is 0 Å². The third kappa shape index (κ3) is 2.99. The van der Waals surface area contributed by atoms with Crippen LogP contribution >= 0.6 is 11.6 Å². The van der Waals surface area contributed by atoms with E-state index in [0.717, 1.165) is 25.1 Å². The zero-order valence-electron chi connectivity index (χ0n) is 9.73. The van der Waals surface area contributed by atoms with Gasteiger partial charge < -0.3 is 10.6 Å². The molecule has 92 valence electrons. The summed E-state index contributed by atoms with van der Waals surface area (Å²) in [6.07, 6.45) is 1.40. The Kier molecular flexibility index (Phi) is 4.02. The first-order valence-corrected chi connectivity index (χ1v) is 6.29. The second-order valence-corrected chi connectivity index (χ2v) is 4.91. The highest BCUT2D eigenvalue weighted by Crippen LogP contribution is 2.19. The molecule has 0 aromatic heterocycles. The third-order valence-corrected chi connectivity index (χ3v) is 3.64. The van der Waals surface area contributed by atoms with Crippen molar-refractivity contribution in [2.45, 2.75) is 12.8 Å². The van der Waals surface area contributed by atoms with E-state index < -0.39 is 0 Å². The van der Waals surface area contributed by atoms with Gasteiger partial charge in [0.15, 0.2) is 0 Å². The fourth-order valence-corrected chi connectivity index (χ4v) is 2.37. The molecule has 1 saturated heterocycles. The van der Waals surface area contributed by atoms with Gasteiger partial charge in [-0.1, -0.05) is 29.8 Å². The molecule has 3 nitrogen and oxygen atoms in total. The molecule has 1 fully saturated rings. The molecule has 2 N–H and O–H groups in total. The predicted octanol–water partition coefficient (Wildman–Crippen LogP) is 1.69. The van der Waals surface area contributed by atoms with Gasteiger partial charge in [-0.2, -0.15) is 0 Å². The summed E-state index contributed by atoms with van der Waals surface area (Å²) in [6.45, 7) is 2.28. The van der Waals surface area contributed by atoms with E-state index in [0.29, 0.717) is 23.9 Å². The van der Waals surface area contributed by atoms with E-state index in [1.54, 1.807) is 0 Å². The minimum Gasteiger partial charge on any atom is -0.342 e. The molecule has 2 rings (SSSR count). The number of nitrogens with zero attached hydrogens (tertiary/aromatic N) is 1. The van der Waals surface area contributed by atoms with Crippen molar-refractivity contribution in [3.63, 3.8) is 0 Å². The molecule has 0 aliphatic carbocycles. The van der Waals surface area contributed by atoms with Crippen LogP contribution in [0.3, 0.4) is 0 Å². The second-order valence-electron chi connectivity index (χ2n) is 4.50. The minimum absolute atomic E-state index is 0.147. The first-order chi connectivity index (χ1) is 8.20. The number of likely N-dealkylation sites (tertiary alicyclic amines) is 1. The third-order valence-electron chi connectivity index (χ3n) is 3.27. The van der Waals surface area contributed by atoms with Gasteiger partial charge in [0.25, 0.3) is 0 Å². The van der Waals surface area contributed by atoms with E-state index in [1.165, 1.54) is 0 Å². The maximum absolute atomic E-state index is 12.1. The van der Waals surface area contributed by atoms with Crippen LogP contribution in [0.5, 0.6) is 0 Å². The molecule has 0 spiro atoms. The maximum Gasteiger partial charge on any atom is 0.227 e. The zero-order chi connectivity index (χ0) is 12.3. The van der Waals surface area contributed by atoms with Gasteiger partial charge in [0.2, 0.25) is 5.91 Å². The normalized spacial score (nSPS) is 19.6.